The Hall–Kier alpha value is -2.12. The summed E-state index contributed by atoms with van der Waals surface area (Å²) in [6.07, 6.45) is 3.02. The van der Waals surface area contributed by atoms with E-state index in [0.29, 0.717) is 41.9 Å². The minimum absolute atomic E-state index is 0.187. The lowest BCUT2D eigenvalue weighted by molar-refractivity contribution is 0.208. The van der Waals surface area contributed by atoms with Crippen LogP contribution >= 0.6 is 23.2 Å². The van der Waals surface area contributed by atoms with Gasteiger partial charge in [-0.3, -0.25) is 4.98 Å². The van der Waals surface area contributed by atoms with Gasteiger partial charge in [-0.1, -0.05) is 23.2 Å². The number of halogens is 4. The molecule has 0 aliphatic carbocycles. The molecule has 0 unspecified atom stereocenters. The number of carbonyl (C=O) groups excluding carboxylic acids is 1. The highest BCUT2D eigenvalue weighted by Gasteiger charge is 2.24. The fourth-order valence-electron chi connectivity index (χ4n) is 2.63. The van der Waals surface area contributed by atoms with Crippen LogP contribution < -0.4 is 10.2 Å². The molecule has 3 rings (SSSR count). The molecule has 0 spiro atoms. The van der Waals surface area contributed by atoms with E-state index in [1.165, 1.54) is 17.3 Å². The summed E-state index contributed by atoms with van der Waals surface area (Å²) >= 11 is 12.3. The Morgan fingerprint density at radius 3 is 2.36 bits per heavy atom. The van der Waals surface area contributed by atoms with E-state index in [1.807, 2.05) is 4.90 Å². The standard InChI is InChI=1S/C16H14Cl2F2N4O/c17-11-8-21-9-12(18)15(11)23-3-5-24(6-4-23)16(25)22-14-7-10(19)1-2-13(14)20/h1-2,7-9H,3-6H2,(H,22,25). The number of nitrogens with one attached hydrogen (secondary N) is 1. The molecule has 9 heteroatoms. The van der Waals surface area contributed by atoms with E-state index in [-0.39, 0.29) is 5.69 Å². The van der Waals surface area contributed by atoms with Gasteiger partial charge in [0.15, 0.2) is 0 Å². The van der Waals surface area contributed by atoms with Crippen molar-refractivity contribution in [1.29, 1.82) is 0 Å². The van der Waals surface area contributed by atoms with Crippen molar-refractivity contribution in [2.24, 2.45) is 0 Å². The van der Waals surface area contributed by atoms with E-state index in [1.54, 1.807) is 0 Å². The van der Waals surface area contributed by atoms with Gasteiger partial charge >= 0.3 is 6.03 Å². The molecule has 0 bridgehead atoms. The molecule has 1 aliphatic rings. The topological polar surface area (TPSA) is 48.5 Å². The largest absolute Gasteiger partial charge is 0.365 e. The van der Waals surface area contributed by atoms with Crippen molar-refractivity contribution in [1.82, 2.24) is 9.88 Å². The molecule has 2 aromatic rings. The summed E-state index contributed by atoms with van der Waals surface area (Å²) in [6, 6.07) is 2.42. The lowest BCUT2D eigenvalue weighted by Gasteiger charge is -2.36. The minimum atomic E-state index is -0.691. The molecule has 1 fully saturated rings. The van der Waals surface area contributed by atoms with E-state index in [2.05, 4.69) is 10.3 Å². The van der Waals surface area contributed by atoms with Gasteiger partial charge in [-0.05, 0) is 12.1 Å². The van der Waals surface area contributed by atoms with Crippen LogP contribution in [0.1, 0.15) is 0 Å². The van der Waals surface area contributed by atoms with Gasteiger partial charge in [0, 0.05) is 44.6 Å². The maximum absolute atomic E-state index is 13.6. The van der Waals surface area contributed by atoms with Crippen molar-refractivity contribution in [2.75, 3.05) is 36.4 Å². The van der Waals surface area contributed by atoms with Gasteiger partial charge in [-0.25, -0.2) is 13.6 Å². The van der Waals surface area contributed by atoms with Crippen LogP contribution in [-0.4, -0.2) is 42.1 Å². The number of benzene rings is 1. The van der Waals surface area contributed by atoms with Crippen molar-refractivity contribution < 1.29 is 13.6 Å². The number of anilines is 2. The molecule has 2 heterocycles. The quantitative estimate of drug-likeness (QED) is 0.847. The number of piperazine rings is 1. The predicted molar refractivity (Wildman–Crippen MR) is 93.4 cm³/mol. The summed E-state index contributed by atoms with van der Waals surface area (Å²) in [5.74, 6) is -1.31. The Morgan fingerprint density at radius 2 is 1.72 bits per heavy atom. The van der Waals surface area contributed by atoms with Gasteiger partial charge in [-0.15, -0.1) is 0 Å². The van der Waals surface area contributed by atoms with Crippen LogP contribution in [0.4, 0.5) is 25.0 Å². The van der Waals surface area contributed by atoms with Crippen LogP contribution in [0.2, 0.25) is 10.0 Å². The molecule has 1 N–H and O–H groups in total. The van der Waals surface area contributed by atoms with Gasteiger partial charge in [0.1, 0.15) is 11.6 Å². The molecule has 2 amide bonds. The molecule has 25 heavy (non-hydrogen) atoms. The zero-order chi connectivity index (χ0) is 18.0. The minimum Gasteiger partial charge on any atom is -0.365 e. The Morgan fingerprint density at radius 1 is 1.08 bits per heavy atom. The van der Waals surface area contributed by atoms with Crippen molar-refractivity contribution >= 4 is 40.6 Å². The van der Waals surface area contributed by atoms with Crippen LogP contribution in [0, 0.1) is 11.6 Å². The molecule has 0 radical (unpaired) electrons. The fraction of sp³-hybridized carbons (Fsp3) is 0.250. The van der Waals surface area contributed by atoms with E-state index in [0.717, 1.165) is 18.2 Å². The first-order valence-electron chi connectivity index (χ1n) is 7.50. The molecule has 0 saturated carbocycles. The first-order chi connectivity index (χ1) is 12.0. The van der Waals surface area contributed by atoms with Crippen LogP contribution in [0.25, 0.3) is 0 Å². The maximum atomic E-state index is 13.6. The van der Waals surface area contributed by atoms with E-state index < -0.39 is 17.7 Å². The second-order valence-corrected chi connectivity index (χ2v) is 6.29. The summed E-state index contributed by atoms with van der Waals surface area (Å²) in [7, 11) is 0. The molecular formula is C16H14Cl2F2N4O. The first kappa shape index (κ1) is 17.7. The third-order valence-corrected chi connectivity index (χ3v) is 4.43. The van der Waals surface area contributed by atoms with Crippen molar-refractivity contribution in [3.63, 3.8) is 0 Å². The first-order valence-corrected chi connectivity index (χ1v) is 8.26. The average molecular weight is 387 g/mol. The Labute approximate surface area is 153 Å². The smallest absolute Gasteiger partial charge is 0.322 e. The van der Waals surface area contributed by atoms with Gasteiger partial charge < -0.3 is 15.1 Å². The monoisotopic (exact) mass is 386 g/mol. The predicted octanol–water partition coefficient (Wildman–Crippen LogP) is 4.02. The summed E-state index contributed by atoms with van der Waals surface area (Å²) in [5, 5.41) is 3.26. The van der Waals surface area contributed by atoms with Crippen LogP contribution in [0.5, 0.6) is 0 Å². The van der Waals surface area contributed by atoms with Gasteiger partial charge in [-0.2, -0.15) is 0 Å². The second-order valence-electron chi connectivity index (χ2n) is 5.48. The summed E-state index contributed by atoms with van der Waals surface area (Å²) in [6.45, 7) is 1.78. The molecular weight excluding hydrogens is 373 g/mol. The molecule has 1 aromatic carbocycles. The fourth-order valence-corrected chi connectivity index (χ4v) is 3.23. The Balaban J connectivity index is 1.64. The molecule has 5 nitrogen and oxygen atoms in total. The molecule has 132 valence electrons. The third-order valence-electron chi connectivity index (χ3n) is 3.88. The average Bonchev–Trinajstić information content (AvgIpc) is 2.58. The van der Waals surface area contributed by atoms with Crippen molar-refractivity contribution in [3.8, 4) is 0 Å². The highest BCUT2D eigenvalue weighted by atomic mass is 35.5. The lowest BCUT2D eigenvalue weighted by Crippen LogP contribution is -2.50. The number of carbonyl (C=O) groups is 1. The van der Waals surface area contributed by atoms with Gasteiger partial charge in [0.2, 0.25) is 0 Å². The second kappa shape index (κ2) is 7.41. The number of urea groups is 1. The third kappa shape index (κ3) is 3.93. The van der Waals surface area contributed by atoms with E-state index >= 15 is 0 Å². The molecule has 1 aliphatic heterocycles. The maximum Gasteiger partial charge on any atom is 0.322 e. The number of hydrogen-bond acceptors (Lipinski definition) is 3. The number of nitrogens with zero attached hydrogens (tertiary/aromatic N) is 3. The van der Waals surface area contributed by atoms with Crippen molar-refractivity contribution in [3.05, 3.63) is 52.3 Å². The van der Waals surface area contributed by atoms with Crippen LogP contribution in [0.3, 0.4) is 0 Å². The molecule has 0 atom stereocenters. The lowest BCUT2D eigenvalue weighted by atomic mass is 10.2. The van der Waals surface area contributed by atoms with E-state index in [4.69, 9.17) is 23.2 Å². The zero-order valence-electron chi connectivity index (χ0n) is 13.0. The highest BCUT2D eigenvalue weighted by Crippen LogP contribution is 2.33. The highest BCUT2D eigenvalue weighted by molar-refractivity contribution is 6.38. The number of rotatable bonds is 2. The normalized spacial score (nSPS) is 14.6. The summed E-state index contributed by atoms with van der Waals surface area (Å²) < 4.78 is 26.8. The molecule has 1 saturated heterocycles. The number of amides is 2. The van der Waals surface area contributed by atoms with E-state index in [9.17, 15) is 13.6 Å². The number of pyridine rings is 1. The number of hydrogen-bond donors (Lipinski definition) is 1. The molecule has 1 aromatic heterocycles. The van der Waals surface area contributed by atoms with Crippen molar-refractivity contribution in [2.45, 2.75) is 0 Å². The number of aromatic nitrogens is 1. The summed E-state index contributed by atoms with van der Waals surface area (Å²) in [5.41, 5.74) is 0.488. The van der Waals surface area contributed by atoms with Gasteiger partial charge in [0.05, 0.1) is 21.4 Å². The van der Waals surface area contributed by atoms with Gasteiger partial charge in [0.25, 0.3) is 0 Å². The Kier molecular flexibility index (Phi) is 5.24. The van der Waals surface area contributed by atoms with Crippen LogP contribution in [-0.2, 0) is 0 Å². The summed E-state index contributed by atoms with van der Waals surface area (Å²) in [4.78, 5) is 19.6. The Bertz CT molecular complexity index is 777. The SMILES string of the molecule is O=C(Nc1cc(F)ccc1F)N1CCN(c2c(Cl)cncc2Cl)CC1. The zero-order valence-corrected chi connectivity index (χ0v) is 14.5. The van der Waals surface area contributed by atoms with Crippen LogP contribution in [0.15, 0.2) is 30.6 Å².